The minimum atomic E-state index is -0.827. The average molecular weight is 311 g/mol. The van der Waals surface area contributed by atoms with Crippen LogP contribution >= 0.6 is 11.8 Å². The van der Waals surface area contributed by atoms with E-state index >= 15 is 0 Å². The number of para-hydroxylation sites is 1. The number of rotatable bonds is 2. The van der Waals surface area contributed by atoms with E-state index in [0.29, 0.717) is 5.71 Å². The van der Waals surface area contributed by atoms with Crippen LogP contribution < -0.4 is 0 Å². The summed E-state index contributed by atoms with van der Waals surface area (Å²) in [6.07, 6.45) is 0. The van der Waals surface area contributed by atoms with Crippen LogP contribution in [0.25, 0.3) is 0 Å². The molecule has 1 heterocycles. The first kappa shape index (κ1) is 14.9. The number of thioether (sulfide) groups is 1. The van der Waals surface area contributed by atoms with E-state index in [9.17, 15) is 9.90 Å². The molecule has 0 spiro atoms. The summed E-state index contributed by atoms with van der Waals surface area (Å²) in [7, 11) is 0. The van der Waals surface area contributed by atoms with E-state index in [4.69, 9.17) is 0 Å². The Balaban J connectivity index is 2.12. The molecule has 0 fully saturated rings. The highest BCUT2D eigenvalue weighted by Crippen LogP contribution is 2.47. The van der Waals surface area contributed by atoms with E-state index in [0.717, 1.165) is 16.1 Å². The first-order valence-electron chi connectivity index (χ1n) is 7.16. The maximum Gasteiger partial charge on any atom is 0.313 e. The Hall–Kier alpha value is -2.07. The molecule has 1 N–H and O–H groups in total. The third kappa shape index (κ3) is 2.79. The Kier molecular flexibility index (Phi) is 4.03. The van der Waals surface area contributed by atoms with Crippen molar-refractivity contribution in [3.05, 3.63) is 59.7 Å². The number of carboxylic acid groups (broad SMARTS) is 1. The van der Waals surface area contributed by atoms with Crippen molar-refractivity contribution >= 4 is 29.1 Å². The molecular formula is C18H17NO2S. The summed E-state index contributed by atoms with van der Waals surface area (Å²) in [4.78, 5) is 17.4. The SMILES string of the molecule is CC1=Nc2ccccc2SC(c2ccc(C)cc2)C1C(=O)O. The second-order valence-corrected chi connectivity index (χ2v) is 6.67. The van der Waals surface area contributed by atoms with Gasteiger partial charge in [0.15, 0.2) is 0 Å². The minimum Gasteiger partial charge on any atom is -0.481 e. The van der Waals surface area contributed by atoms with Crippen molar-refractivity contribution in [2.45, 2.75) is 24.0 Å². The summed E-state index contributed by atoms with van der Waals surface area (Å²) in [6, 6.07) is 15.9. The lowest BCUT2D eigenvalue weighted by molar-refractivity contribution is -0.139. The van der Waals surface area contributed by atoms with Crippen LogP contribution in [0.15, 0.2) is 58.4 Å². The minimum absolute atomic E-state index is 0.175. The molecule has 0 saturated heterocycles. The van der Waals surface area contributed by atoms with Crippen LogP contribution in [0, 0.1) is 12.8 Å². The maximum atomic E-state index is 11.8. The van der Waals surface area contributed by atoms with Crippen LogP contribution in [-0.2, 0) is 4.79 Å². The van der Waals surface area contributed by atoms with Gasteiger partial charge in [-0.3, -0.25) is 9.79 Å². The van der Waals surface area contributed by atoms with Gasteiger partial charge >= 0.3 is 5.97 Å². The van der Waals surface area contributed by atoms with Crippen molar-refractivity contribution in [2.75, 3.05) is 0 Å². The zero-order valence-corrected chi connectivity index (χ0v) is 13.3. The number of hydrogen-bond donors (Lipinski definition) is 1. The fourth-order valence-corrected chi connectivity index (χ4v) is 4.07. The predicted molar refractivity (Wildman–Crippen MR) is 90.1 cm³/mol. The number of benzene rings is 2. The molecule has 1 aliphatic rings. The third-order valence-corrected chi connectivity index (χ3v) is 5.24. The normalized spacial score (nSPS) is 20.7. The first-order valence-corrected chi connectivity index (χ1v) is 8.04. The van der Waals surface area contributed by atoms with E-state index < -0.39 is 11.9 Å². The largest absolute Gasteiger partial charge is 0.481 e. The number of carboxylic acids is 1. The molecule has 2 unspecified atom stereocenters. The molecule has 2 aromatic rings. The van der Waals surface area contributed by atoms with Gasteiger partial charge in [-0.15, -0.1) is 11.8 Å². The lowest BCUT2D eigenvalue weighted by atomic mass is 9.94. The zero-order chi connectivity index (χ0) is 15.7. The summed E-state index contributed by atoms with van der Waals surface area (Å²) < 4.78 is 0. The quantitative estimate of drug-likeness (QED) is 0.879. The van der Waals surface area contributed by atoms with E-state index in [2.05, 4.69) is 4.99 Å². The van der Waals surface area contributed by atoms with Gasteiger partial charge in [0.2, 0.25) is 0 Å². The summed E-state index contributed by atoms with van der Waals surface area (Å²) in [6.45, 7) is 3.84. The van der Waals surface area contributed by atoms with E-state index in [1.54, 1.807) is 11.8 Å². The van der Waals surface area contributed by atoms with Gasteiger partial charge in [0.1, 0.15) is 5.92 Å². The van der Waals surface area contributed by atoms with Crippen LogP contribution in [0.4, 0.5) is 5.69 Å². The first-order chi connectivity index (χ1) is 10.6. The van der Waals surface area contributed by atoms with Crippen molar-refractivity contribution in [3.63, 3.8) is 0 Å². The molecule has 0 amide bonds. The summed E-state index contributed by atoms with van der Waals surface area (Å²) >= 11 is 1.58. The molecule has 3 rings (SSSR count). The van der Waals surface area contributed by atoms with Crippen molar-refractivity contribution in [1.82, 2.24) is 0 Å². The summed E-state index contributed by atoms with van der Waals surface area (Å²) in [5.41, 5.74) is 3.69. The number of aliphatic imine (C=N–C) groups is 1. The van der Waals surface area contributed by atoms with Crippen LogP contribution in [0.2, 0.25) is 0 Å². The van der Waals surface area contributed by atoms with Gasteiger partial charge in [-0.25, -0.2) is 0 Å². The topological polar surface area (TPSA) is 49.7 Å². The van der Waals surface area contributed by atoms with Crippen LogP contribution in [0.3, 0.4) is 0 Å². The molecule has 1 aliphatic heterocycles. The molecule has 0 aromatic heterocycles. The molecule has 0 radical (unpaired) electrons. The summed E-state index contributed by atoms with van der Waals surface area (Å²) in [5.74, 6) is -1.45. The zero-order valence-electron chi connectivity index (χ0n) is 12.5. The average Bonchev–Trinajstić information content (AvgIpc) is 2.63. The third-order valence-electron chi connectivity index (χ3n) is 3.84. The van der Waals surface area contributed by atoms with Gasteiger partial charge in [0.25, 0.3) is 0 Å². The van der Waals surface area contributed by atoms with Gasteiger partial charge in [-0.1, -0.05) is 42.0 Å². The molecule has 0 saturated carbocycles. The van der Waals surface area contributed by atoms with Crippen molar-refractivity contribution < 1.29 is 9.90 Å². The number of hydrogen-bond acceptors (Lipinski definition) is 3. The Morgan fingerprint density at radius 1 is 1.09 bits per heavy atom. The number of carbonyl (C=O) groups is 1. The van der Waals surface area contributed by atoms with Crippen molar-refractivity contribution in [1.29, 1.82) is 0 Å². The second-order valence-electron chi connectivity index (χ2n) is 5.49. The van der Waals surface area contributed by atoms with Gasteiger partial charge in [0, 0.05) is 10.6 Å². The summed E-state index contributed by atoms with van der Waals surface area (Å²) in [5, 5.41) is 9.53. The fourth-order valence-electron chi connectivity index (χ4n) is 2.66. The number of aliphatic carboxylic acids is 1. The molecule has 2 aromatic carbocycles. The Morgan fingerprint density at radius 2 is 1.77 bits per heavy atom. The standard InChI is InChI=1S/C18H17NO2S/c1-11-7-9-13(10-8-11)17-16(18(20)21)12(2)19-14-5-3-4-6-15(14)22-17/h3-10,16-17H,1-2H3,(H,20,21). The molecule has 0 aliphatic carbocycles. The second kappa shape index (κ2) is 5.97. The predicted octanol–water partition coefficient (Wildman–Crippen LogP) is 4.64. The van der Waals surface area contributed by atoms with Gasteiger partial charge in [-0.05, 0) is 31.5 Å². The molecule has 112 valence electrons. The van der Waals surface area contributed by atoms with E-state index in [1.807, 2.05) is 62.4 Å². The molecule has 3 nitrogen and oxygen atoms in total. The lowest BCUT2D eigenvalue weighted by Crippen LogP contribution is -2.26. The fraction of sp³-hybridized carbons (Fsp3) is 0.222. The monoisotopic (exact) mass is 311 g/mol. The van der Waals surface area contributed by atoms with Gasteiger partial charge < -0.3 is 5.11 Å². The lowest BCUT2D eigenvalue weighted by Gasteiger charge is -2.22. The van der Waals surface area contributed by atoms with Gasteiger partial charge in [-0.2, -0.15) is 0 Å². The number of aryl methyl sites for hydroxylation is 1. The Bertz CT molecular complexity index is 737. The number of fused-ring (bicyclic) bond motifs is 1. The van der Waals surface area contributed by atoms with Crippen molar-refractivity contribution in [3.8, 4) is 0 Å². The van der Waals surface area contributed by atoms with E-state index in [-0.39, 0.29) is 5.25 Å². The highest BCUT2D eigenvalue weighted by molar-refractivity contribution is 7.99. The molecular weight excluding hydrogens is 294 g/mol. The number of nitrogens with zero attached hydrogens (tertiary/aromatic N) is 1. The highest BCUT2D eigenvalue weighted by Gasteiger charge is 2.35. The smallest absolute Gasteiger partial charge is 0.313 e. The Labute approximate surface area is 134 Å². The molecule has 0 bridgehead atoms. The van der Waals surface area contributed by atoms with Gasteiger partial charge in [0.05, 0.1) is 10.9 Å². The van der Waals surface area contributed by atoms with Crippen LogP contribution in [0.5, 0.6) is 0 Å². The Morgan fingerprint density at radius 3 is 2.45 bits per heavy atom. The van der Waals surface area contributed by atoms with Crippen molar-refractivity contribution in [2.24, 2.45) is 10.9 Å². The van der Waals surface area contributed by atoms with E-state index in [1.165, 1.54) is 5.56 Å². The van der Waals surface area contributed by atoms with Crippen LogP contribution in [0.1, 0.15) is 23.3 Å². The molecule has 2 atom stereocenters. The van der Waals surface area contributed by atoms with Crippen LogP contribution in [-0.4, -0.2) is 16.8 Å². The molecule has 22 heavy (non-hydrogen) atoms. The maximum absolute atomic E-state index is 11.8. The molecule has 4 heteroatoms. The highest BCUT2D eigenvalue weighted by atomic mass is 32.2.